The summed E-state index contributed by atoms with van der Waals surface area (Å²) >= 11 is 3.38. The molecule has 0 atom stereocenters. The van der Waals surface area contributed by atoms with E-state index in [0.717, 1.165) is 22.0 Å². The molecule has 2 nitrogen and oxygen atoms in total. The first-order valence-corrected chi connectivity index (χ1v) is 5.16. The number of carboxylic acid groups (broad SMARTS) is 1. The molecule has 1 aliphatic rings. The first-order chi connectivity index (χ1) is 6.66. The fourth-order valence-corrected chi connectivity index (χ4v) is 2.06. The monoisotopic (exact) mass is 252 g/mol. The van der Waals surface area contributed by atoms with E-state index in [4.69, 9.17) is 5.11 Å². The maximum absolute atomic E-state index is 10.6. The molecule has 14 heavy (non-hydrogen) atoms. The summed E-state index contributed by atoms with van der Waals surface area (Å²) in [6, 6.07) is 6.00. The highest BCUT2D eigenvalue weighted by Crippen LogP contribution is 2.31. The summed E-state index contributed by atoms with van der Waals surface area (Å²) in [6.45, 7) is 0. The Balaban J connectivity index is 2.35. The third-order valence-corrected chi connectivity index (χ3v) is 2.82. The van der Waals surface area contributed by atoms with Crippen LogP contribution in [0.25, 0.3) is 5.57 Å². The van der Waals surface area contributed by atoms with Crippen LogP contribution in [0, 0.1) is 0 Å². The first-order valence-electron chi connectivity index (χ1n) is 4.36. The Kier molecular flexibility index (Phi) is 2.42. The molecule has 0 bridgehead atoms. The predicted molar refractivity (Wildman–Crippen MR) is 58.1 cm³/mol. The molecule has 0 spiro atoms. The van der Waals surface area contributed by atoms with E-state index >= 15 is 0 Å². The second kappa shape index (κ2) is 3.58. The molecule has 0 radical (unpaired) electrons. The van der Waals surface area contributed by atoms with Gasteiger partial charge in [0, 0.05) is 4.47 Å². The lowest BCUT2D eigenvalue weighted by atomic mass is 10.0. The van der Waals surface area contributed by atoms with Crippen molar-refractivity contribution in [2.24, 2.45) is 0 Å². The van der Waals surface area contributed by atoms with E-state index in [9.17, 15) is 4.79 Å². The van der Waals surface area contributed by atoms with Gasteiger partial charge in [0.25, 0.3) is 0 Å². The van der Waals surface area contributed by atoms with Crippen LogP contribution in [0.2, 0.25) is 0 Å². The van der Waals surface area contributed by atoms with E-state index in [-0.39, 0.29) is 6.42 Å². The first kappa shape index (κ1) is 9.46. The summed E-state index contributed by atoms with van der Waals surface area (Å²) < 4.78 is 0.995. The smallest absolute Gasteiger partial charge is 0.307 e. The molecule has 0 fully saturated rings. The largest absolute Gasteiger partial charge is 0.481 e. The van der Waals surface area contributed by atoms with Gasteiger partial charge in [0.05, 0.1) is 6.42 Å². The zero-order valence-electron chi connectivity index (χ0n) is 7.46. The highest BCUT2D eigenvalue weighted by atomic mass is 79.9. The highest BCUT2D eigenvalue weighted by molar-refractivity contribution is 9.10. The summed E-state index contributed by atoms with van der Waals surface area (Å²) in [6.07, 6.45) is 2.96. The van der Waals surface area contributed by atoms with E-state index in [1.54, 1.807) is 0 Å². The van der Waals surface area contributed by atoms with Crippen molar-refractivity contribution in [3.63, 3.8) is 0 Å². The molecule has 0 amide bonds. The maximum Gasteiger partial charge on any atom is 0.307 e. The number of aliphatic carboxylic acids is 1. The number of carbonyl (C=O) groups is 1. The SMILES string of the molecule is O=C(O)CC1=CCc2ccc(Br)cc21. The van der Waals surface area contributed by atoms with Gasteiger partial charge in [-0.05, 0) is 35.3 Å². The van der Waals surface area contributed by atoms with Crippen molar-refractivity contribution in [2.45, 2.75) is 12.8 Å². The number of halogens is 1. The topological polar surface area (TPSA) is 37.3 Å². The Morgan fingerprint density at radius 3 is 3.00 bits per heavy atom. The number of rotatable bonds is 2. The lowest BCUT2D eigenvalue weighted by molar-refractivity contribution is -0.135. The van der Waals surface area contributed by atoms with Gasteiger partial charge in [0.2, 0.25) is 0 Å². The zero-order chi connectivity index (χ0) is 10.1. The summed E-state index contributed by atoms with van der Waals surface area (Å²) in [5, 5.41) is 8.72. The van der Waals surface area contributed by atoms with E-state index in [1.807, 2.05) is 24.3 Å². The second-order valence-corrected chi connectivity index (χ2v) is 4.22. The third kappa shape index (κ3) is 1.73. The summed E-state index contributed by atoms with van der Waals surface area (Å²) in [7, 11) is 0. The van der Waals surface area contributed by atoms with Gasteiger partial charge in [-0.3, -0.25) is 4.79 Å². The maximum atomic E-state index is 10.6. The standard InChI is InChI=1S/C11H9BrO2/c12-9-4-3-7-1-2-8(5-11(13)14)10(7)6-9/h2-4,6H,1,5H2,(H,13,14). The van der Waals surface area contributed by atoms with Crippen LogP contribution in [0.5, 0.6) is 0 Å². The minimum absolute atomic E-state index is 0.115. The molecular weight excluding hydrogens is 244 g/mol. The molecule has 0 heterocycles. The Hall–Kier alpha value is -1.09. The number of allylic oxidation sites excluding steroid dienone is 1. The van der Waals surface area contributed by atoms with Crippen LogP contribution in [0.3, 0.4) is 0 Å². The van der Waals surface area contributed by atoms with Crippen molar-refractivity contribution in [3.8, 4) is 0 Å². The predicted octanol–water partition coefficient (Wildman–Crippen LogP) is 2.86. The van der Waals surface area contributed by atoms with Gasteiger partial charge in [-0.15, -0.1) is 0 Å². The summed E-state index contributed by atoms with van der Waals surface area (Å²) in [5.74, 6) is -0.774. The highest BCUT2D eigenvalue weighted by Gasteiger charge is 2.16. The van der Waals surface area contributed by atoms with Crippen LogP contribution < -0.4 is 0 Å². The molecule has 1 N–H and O–H groups in total. The van der Waals surface area contributed by atoms with Gasteiger partial charge in [-0.1, -0.05) is 28.1 Å². The van der Waals surface area contributed by atoms with E-state index in [2.05, 4.69) is 15.9 Å². The molecule has 0 saturated heterocycles. The van der Waals surface area contributed by atoms with Crippen LogP contribution in [0.1, 0.15) is 17.5 Å². The third-order valence-electron chi connectivity index (χ3n) is 2.33. The molecule has 2 rings (SSSR count). The van der Waals surface area contributed by atoms with Crippen molar-refractivity contribution in [3.05, 3.63) is 39.9 Å². The van der Waals surface area contributed by atoms with Crippen molar-refractivity contribution in [1.82, 2.24) is 0 Å². The van der Waals surface area contributed by atoms with Crippen molar-refractivity contribution >= 4 is 27.5 Å². The Labute approximate surface area is 90.4 Å². The number of hydrogen-bond acceptors (Lipinski definition) is 1. The molecule has 0 aromatic heterocycles. The molecule has 1 aliphatic carbocycles. The van der Waals surface area contributed by atoms with Gasteiger partial charge in [-0.2, -0.15) is 0 Å². The average Bonchev–Trinajstić information content (AvgIpc) is 2.47. The Bertz CT molecular complexity index is 421. The number of carboxylic acids is 1. The Morgan fingerprint density at radius 1 is 1.50 bits per heavy atom. The lowest BCUT2D eigenvalue weighted by Gasteiger charge is -2.03. The fourth-order valence-electron chi connectivity index (χ4n) is 1.70. The fraction of sp³-hybridized carbons (Fsp3) is 0.182. The minimum Gasteiger partial charge on any atom is -0.481 e. The van der Waals surface area contributed by atoms with Crippen LogP contribution in [0.4, 0.5) is 0 Å². The van der Waals surface area contributed by atoms with Crippen LogP contribution in [-0.4, -0.2) is 11.1 Å². The van der Waals surface area contributed by atoms with Crippen LogP contribution in [-0.2, 0) is 11.2 Å². The lowest BCUT2D eigenvalue weighted by Crippen LogP contribution is -1.95. The molecule has 72 valence electrons. The molecule has 0 unspecified atom stereocenters. The van der Waals surface area contributed by atoms with Gasteiger partial charge in [-0.25, -0.2) is 0 Å². The van der Waals surface area contributed by atoms with Crippen molar-refractivity contribution in [1.29, 1.82) is 0 Å². The molecule has 0 saturated carbocycles. The normalized spacial score (nSPS) is 13.6. The molecular formula is C11H9BrO2. The van der Waals surface area contributed by atoms with E-state index < -0.39 is 5.97 Å². The van der Waals surface area contributed by atoms with E-state index in [1.165, 1.54) is 5.56 Å². The van der Waals surface area contributed by atoms with Crippen LogP contribution in [0.15, 0.2) is 28.7 Å². The average molecular weight is 253 g/mol. The second-order valence-electron chi connectivity index (χ2n) is 3.31. The summed E-state index contributed by atoms with van der Waals surface area (Å²) in [4.78, 5) is 10.6. The van der Waals surface area contributed by atoms with E-state index in [0.29, 0.717) is 0 Å². The van der Waals surface area contributed by atoms with Gasteiger partial charge < -0.3 is 5.11 Å². The number of fused-ring (bicyclic) bond motifs is 1. The van der Waals surface area contributed by atoms with Crippen LogP contribution >= 0.6 is 15.9 Å². The number of benzene rings is 1. The quantitative estimate of drug-likeness (QED) is 0.879. The minimum atomic E-state index is -0.774. The molecule has 1 aromatic rings. The number of hydrogen-bond donors (Lipinski definition) is 1. The van der Waals surface area contributed by atoms with Gasteiger partial charge >= 0.3 is 5.97 Å². The Morgan fingerprint density at radius 2 is 2.29 bits per heavy atom. The van der Waals surface area contributed by atoms with Gasteiger partial charge in [0.1, 0.15) is 0 Å². The van der Waals surface area contributed by atoms with Crippen molar-refractivity contribution in [2.75, 3.05) is 0 Å². The molecule has 0 aliphatic heterocycles. The van der Waals surface area contributed by atoms with Gasteiger partial charge in [0.15, 0.2) is 0 Å². The molecule has 1 aromatic carbocycles. The van der Waals surface area contributed by atoms with Crippen molar-refractivity contribution < 1.29 is 9.90 Å². The zero-order valence-corrected chi connectivity index (χ0v) is 9.04. The summed E-state index contributed by atoms with van der Waals surface area (Å²) in [5.41, 5.74) is 3.21. The molecule has 3 heteroatoms.